The van der Waals surface area contributed by atoms with E-state index in [0.717, 1.165) is 56.6 Å². The summed E-state index contributed by atoms with van der Waals surface area (Å²) in [5.41, 5.74) is 0.892. The van der Waals surface area contributed by atoms with Crippen molar-refractivity contribution >= 4 is 24.2 Å². The van der Waals surface area contributed by atoms with E-state index in [1.807, 2.05) is 29.2 Å². The second-order valence-corrected chi connectivity index (χ2v) is 7.07. The molecule has 150 valence electrons. The number of piperidine rings is 1. The van der Waals surface area contributed by atoms with Crippen LogP contribution in [-0.2, 0) is 9.59 Å². The number of rotatable bonds is 5. The van der Waals surface area contributed by atoms with Crippen LogP contribution in [0.2, 0.25) is 0 Å². The predicted octanol–water partition coefficient (Wildman–Crippen LogP) is 2.38. The summed E-state index contributed by atoms with van der Waals surface area (Å²) in [5.74, 6) is 0.866. The van der Waals surface area contributed by atoms with Crippen molar-refractivity contribution in [2.45, 2.75) is 44.2 Å². The van der Waals surface area contributed by atoms with Crippen molar-refractivity contribution < 1.29 is 14.3 Å². The zero-order valence-electron chi connectivity index (χ0n) is 16.1. The number of carbonyl (C=O) groups is 2. The van der Waals surface area contributed by atoms with Gasteiger partial charge in [-0.15, -0.1) is 12.4 Å². The van der Waals surface area contributed by atoms with Crippen molar-refractivity contribution in [3.63, 3.8) is 0 Å². The molecular weight excluding hydrogens is 366 g/mol. The quantitative estimate of drug-likeness (QED) is 0.831. The van der Waals surface area contributed by atoms with Gasteiger partial charge in [-0.05, 0) is 49.8 Å². The van der Waals surface area contributed by atoms with Crippen molar-refractivity contribution in [2.75, 3.05) is 33.8 Å². The van der Waals surface area contributed by atoms with E-state index >= 15 is 0 Å². The maximum absolute atomic E-state index is 13.1. The number of methoxy groups -OCH3 is 1. The van der Waals surface area contributed by atoms with Crippen LogP contribution in [0.25, 0.3) is 0 Å². The zero-order valence-corrected chi connectivity index (χ0v) is 17.0. The van der Waals surface area contributed by atoms with E-state index in [4.69, 9.17) is 4.74 Å². The minimum atomic E-state index is -0.452. The SMILES string of the molecule is CNC(=O)[C@@H](c1ccc(OC)cc1)N1CCC[C@H]1C(=O)N1CCCCC1.Cl. The molecule has 0 saturated carbocycles. The fourth-order valence-electron chi connectivity index (χ4n) is 4.10. The highest BCUT2D eigenvalue weighted by atomic mass is 35.5. The minimum absolute atomic E-state index is 0. The summed E-state index contributed by atoms with van der Waals surface area (Å²) in [6.45, 7) is 2.45. The van der Waals surface area contributed by atoms with Crippen LogP contribution in [0.15, 0.2) is 24.3 Å². The molecule has 0 aromatic heterocycles. The van der Waals surface area contributed by atoms with E-state index < -0.39 is 6.04 Å². The molecule has 2 aliphatic heterocycles. The lowest BCUT2D eigenvalue weighted by molar-refractivity contribution is -0.139. The molecule has 2 atom stereocenters. The Hall–Kier alpha value is -1.79. The van der Waals surface area contributed by atoms with Crippen LogP contribution < -0.4 is 10.1 Å². The Bertz CT molecular complexity index is 632. The molecule has 2 fully saturated rings. The van der Waals surface area contributed by atoms with Crippen LogP contribution in [-0.4, -0.2) is 61.4 Å². The first kappa shape index (κ1) is 21.5. The van der Waals surface area contributed by atoms with Crippen LogP contribution >= 0.6 is 12.4 Å². The summed E-state index contributed by atoms with van der Waals surface area (Å²) >= 11 is 0. The lowest BCUT2D eigenvalue weighted by atomic mass is 10.0. The first-order valence-corrected chi connectivity index (χ1v) is 9.55. The Morgan fingerprint density at radius 3 is 2.33 bits per heavy atom. The average molecular weight is 396 g/mol. The van der Waals surface area contributed by atoms with E-state index in [1.54, 1.807) is 14.2 Å². The summed E-state index contributed by atoms with van der Waals surface area (Å²) in [7, 11) is 3.27. The molecule has 27 heavy (non-hydrogen) atoms. The van der Waals surface area contributed by atoms with Gasteiger partial charge in [0.2, 0.25) is 11.8 Å². The van der Waals surface area contributed by atoms with Gasteiger partial charge in [-0.1, -0.05) is 12.1 Å². The van der Waals surface area contributed by atoms with Gasteiger partial charge in [0.25, 0.3) is 0 Å². The Kier molecular flexibility index (Phi) is 7.92. The Labute approximate surface area is 167 Å². The number of hydrogen-bond acceptors (Lipinski definition) is 4. The Morgan fingerprint density at radius 2 is 1.74 bits per heavy atom. The summed E-state index contributed by atoms with van der Waals surface area (Å²) in [6, 6.07) is 6.90. The molecule has 0 unspecified atom stereocenters. The predicted molar refractivity (Wildman–Crippen MR) is 107 cm³/mol. The van der Waals surface area contributed by atoms with Gasteiger partial charge in [0.1, 0.15) is 11.8 Å². The number of benzene rings is 1. The molecule has 2 aliphatic rings. The van der Waals surface area contributed by atoms with E-state index in [9.17, 15) is 9.59 Å². The lowest BCUT2D eigenvalue weighted by Gasteiger charge is -2.35. The van der Waals surface area contributed by atoms with Crippen molar-refractivity contribution in [3.8, 4) is 5.75 Å². The number of ether oxygens (including phenoxy) is 1. The first-order chi connectivity index (χ1) is 12.7. The molecule has 1 aromatic carbocycles. The summed E-state index contributed by atoms with van der Waals surface area (Å²) in [5, 5.41) is 2.77. The van der Waals surface area contributed by atoms with Gasteiger partial charge < -0.3 is 15.0 Å². The fourth-order valence-corrected chi connectivity index (χ4v) is 4.10. The minimum Gasteiger partial charge on any atom is -0.497 e. The number of nitrogens with one attached hydrogen (secondary N) is 1. The van der Waals surface area contributed by atoms with Crippen LogP contribution in [0, 0.1) is 0 Å². The molecule has 2 amide bonds. The highest BCUT2D eigenvalue weighted by molar-refractivity contribution is 5.86. The fraction of sp³-hybridized carbons (Fsp3) is 0.600. The molecule has 0 aliphatic carbocycles. The third kappa shape index (κ3) is 4.74. The third-order valence-electron chi connectivity index (χ3n) is 5.50. The number of amides is 2. The van der Waals surface area contributed by atoms with Gasteiger partial charge in [0.15, 0.2) is 0 Å². The normalized spacial score (nSPS) is 21.3. The molecule has 0 spiro atoms. The Balaban J connectivity index is 0.00000261. The van der Waals surface area contributed by atoms with Gasteiger partial charge in [-0.25, -0.2) is 0 Å². The van der Waals surface area contributed by atoms with Gasteiger partial charge in [0.05, 0.1) is 13.2 Å². The van der Waals surface area contributed by atoms with Crippen LogP contribution in [0.4, 0.5) is 0 Å². The largest absolute Gasteiger partial charge is 0.497 e. The van der Waals surface area contributed by atoms with E-state index in [1.165, 1.54) is 6.42 Å². The van der Waals surface area contributed by atoms with E-state index in [2.05, 4.69) is 10.2 Å². The molecule has 0 bridgehead atoms. The van der Waals surface area contributed by atoms with Gasteiger partial charge >= 0.3 is 0 Å². The molecule has 7 heteroatoms. The van der Waals surface area contributed by atoms with Crippen molar-refractivity contribution in [1.29, 1.82) is 0 Å². The topological polar surface area (TPSA) is 61.9 Å². The second kappa shape index (κ2) is 9.95. The molecule has 2 saturated heterocycles. The van der Waals surface area contributed by atoms with Crippen LogP contribution in [0.5, 0.6) is 5.75 Å². The van der Waals surface area contributed by atoms with E-state index in [-0.39, 0.29) is 30.3 Å². The summed E-state index contributed by atoms with van der Waals surface area (Å²) < 4.78 is 5.22. The summed E-state index contributed by atoms with van der Waals surface area (Å²) in [4.78, 5) is 29.8. The molecule has 2 heterocycles. The molecule has 1 aromatic rings. The van der Waals surface area contributed by atoms with Crippen LogP contribution in [0.1, 0.15) is 43.7 Å². The van der Waals surface area contributed by atoms with E-state index in [0.29, 0.717) is 0 Å². The van der Waals surface area contributed by atoms with Crippen molar-refractivity contribution in [2.24, 2.45) is 0 Å². The smallest absolute Gasteiger partial charge is 0.241 e. The number of carbonyl (C=O) groups excluding carboxylic acids is 2. The molecule has 1 N–H and O–H groups in total. The highest BCUT2D eigenvalue weighted by Crippen LogP contribution is 2.32. The second-order valence-electron chi connectivity index (χ2n) is 7.07. The van der Waals surface area contributed by atoms with Gasteiger partial charge in [-0.3, -0.25) is 14.5 Å². The number of likely N-dealkylation sites (N-methyl/N-ethyl adjacent to an activating group) is 1. The third-order valence-corrected chi connectivity index (χ3v) is 5.50. The maximum Gasteiger partial charge on any atom is 0.241 e. The average Bonchev–Trinajstić information content (AvgIpc) is 3.17. The first-order valence-electron chi connectivity index (χ1n) is 9.55. The molecule has 0 radical (unpaired) electrons. The van der Waals surface area contributed by atoms with Crippen molar-refractivity contribution in [3.05, 3.63) is 29.8 Å². The van der Waals surface area contributed by atoms with Gasteiger partial charge in [-0.2, -0.15) is 0 Å². The number of halogens is 1. The highest BCUT2D eigenvalue weighted by Gasteiger charge is 2.40. The monoisotopic (exact) mass is 395 g/mol. The molecule has 3 rings (SSSR count). The van der Waals surface area contributed by atoms with Gasteiger partial charge in [0, 0.05) is 26.7 Å². The van der Waals surface area contributed by atoms with Crippen LogP contribution in [0.3, 0.4) is 0 Å². The number of hydrogen-bond donors (Lipinski definition) is 1. The molecular formula is C20H30ClN3O3. The Morgan fingerprint density at radius 1 is 1.07 bits per heavy atom. The zero-order chi connectivity index (χ0) is 18.5. The summed E-state index contributed by atoms with van der Waals surface area (Å²) in [6.07, 6.45) is 5.11. The van der Waals surface area contributed by atoms with Crippen molar-refractivity contribution in [1.82, 2.24) is 15.1 Å². The standard InChI is InChI=1S/C20H29N3O3.ClH/c1-21-19(24)18(15-8-10-16(26-2)11-9-15)23-14-6-7-17(23)20(25)22-12-4-3-5-13-22;/h8-11,17-18H,3-7,12-14H2,1-2H3,(H,21,24);1H/t17-,18+;/m0./s1. The number of nitrogens with zero attached hydrogens (tertiary/aromatic N) is 2. The lowest BCUT2D eigenvalue weighted by Crippen LogP contribution is -2.50. The maximum atomic E-state index is 13.1. The number of likely N-dealkylation sites (tertiary alicyclic amines) is 2. The molecule has 6 nitrogen and oxygen atoms in total.